The molecule has 0 unspecified atom stereocenters. The van der Waals surface area contributed by atoms with Crippen LogP contribution in [-0.4, -0.2) is 17.9 Å². The van der Waals surface area contributed by atoms with Gasteiger partial charge in [-0.05, 0) is 67.8 Å². The van der Waals surface area contributed by atoms with Crippen molar-refractivity contribution in [2.24, 2.45) is 5.41 Å². The highest BCUT2D eigenvalue weighted by Gasteiger charge is 2.27. The summed E-state index contributed by atoms with van der Waals surface area (Å²) in [6, 6.07) is 22.5. The number of ether oxygens (including phenoxy) is 2. The normalized spacial score (nSPS) is 11.9. The lowest BCUT2D eigenvalue weighted by molar-refractivity contribution is 0.0734. The smallest absolute Gasteiger partial charge is 0.343 e. The molecule has 0 radical (unpaired) electrons. The van der Waals surface area contributed by atoms with Gasteiger partial charge in [-0.2, -0.15) is 0 Å². The van der Waals surface area contributed by atoms with Crippen LogP contribution in [0.25, 0.3) is 0 Å². The first kappa shape index (κ1) is 26.2. The Morgan fingerprint density at radius 1 is 0.771 bits per heavy atom. The number of hydrogen-bond donors (Lipinski definition) is 0. The van der Waals surface area contributed by atoms with Crippen LogP contribution in [0.5, 0.6) is 11.5 Å². The van der Waals surface area contributed by atoms with Gasteiger partial charge in [0, 0.05) is 16.4 Å². The second kappa shape index (κ2) is 10.5. The highest BCUT2D eigenvalue weighted by atomic mass is 16.5. The van der Waals surface area contributed by atoms with Crippen molar-refractivity contribution in [3.05, 3.63) is 95.1 Å². The molecule has 0 aromatic heterocycles. The topological polar surface area (TPSA) is 52.6 Å². The number of Topliss-reactive ketones (excluding diaryl/α,β-unsaturated/α-hetero) is 1. The molecule has 0 saturated heterocycles. The van der Waals surface area contributed by atoms with Crippen LogP contribution in [0.1, 0.15) is 86.7 Å². The average Bonchev–Trinajstić information content (AvgIpc) is 2.84. The molecule has 35 heavy (non-hydrogen) atoms. The van der Waals surface area contributed by atoms with Gasteiger partial charge in [0.1, 0.15) is 11.5 Å². The fraction of sp³-hybridized carbons (Fsp3) is 0.355. The van der Waals surface area contributed by atoms with Crippen LogP contribution in [0.4, 0.5) is 0 Å². The maximum absolute atomic E-state index is 12.8. The van der Waals surface area contributed by atoms with Gasteiger partial charge in [-0.25, -0.2) is 4.79 Å². The van der Waals surface area contributed by atoms with Crippen molar-refractivity contribution in [1.82, 2.24) is 0 Å². The zero-order valence-electron chi connectivity index (χ0n) is 21.8. The minimum atomic E-state index is -0.485. The fourth-order valence-electron chi connectivity index (χ4n) is 3.83. The van der Waals surface area contributed by atoms with Crippen LogP contribution in [0.2, 0.25) is 0 Å². The second-order valence-electron chi connectivity index (χ2n) is 10.4. The number of ketones is 1. The number of benzene rings is 3. The molecule has 3 aromatic carbocycles. The van der Waals surface area contributed by atoms with Crippen molar-refractivity contribution in [3.63, 3.8) is 0 Å². The van der Waals surface area contributed by atoms with Gasteiger partial charge >= 0.3 is 5.97 Å². The van der Waals surface area contributed by atoms with E-state index in [2.05, 4.69) is 26.0 Å². The summed E-state index contributed by atoms with van der Waals surface area (Å²) in [5, 5.41) is 0. The molecule has 3 rings (SSSR count). The van der Waals surface area contributed by atoms with Gasteiger partial charge < -0.3 is 9.47 Å². The molecule has 0 aliphatic heterocycles. The molecule has 0 aliphatic carbocycles. The molecule has 0 atom stereocenters. The van der Waals surface area contributed by atoms with Gasteiger partial charge in [0.25, 0.3) is 0 Å². The summed E-state index contributed by atoms with van der Waals surface area (Å²) >= 11 is 0. The summed E-state index contributed by atoms with van der Waals surface area (Å²) in [5.41, 5.74) is 2.43. The van der Waals surface area contributed by atoms with E-state index in [1.54, 1.807) is 36.4 Å². The largest absolute Gasteiger partial charge is 0.491 e. The third-order valence-electron chi connectivity index (χ3n) is 6.59. The third-order valence-corrected chi connectivity index (χ3v) is 6.59. The molecule has 4 heteroatoms. The second-order valence-corrected chi connectivity index (χ2v) is 10.4. The van der Waals surface area contributed by atoms with Gasteiger partial charge in [-0.15, -0.1) is 0 Å². The Morgan fingerprint density at radius 3 is 1.80 bits per heavy atom. The van der Waals surface area contributed by atoms with Crippen LogP contribution >= 0.6 is 0 Å². The van der Waals surface area contributed by atoms with Crippen LogP contribution in [-0.2, 0) is 5.41 Å². The summed E-state index contributed by atoms with van der Waals surface area (Å²) in [6.45, 7) is 14.1. The number of carbonyl (C=O) groups excluding carboxylic acids is 2. The van der Waals surface area contributed by atoms with E-state index in [1.165, 1.54) is 0 Å². The Hall–Kier alpha value is -3.40. The number of esters is 1. The maximum atomic E-state index is 12.8. The third kappa shape index (κ3) is 6.19. The average molecular weight is 473 g/mol. The first-order chi connectivity index (χ1) is 16.4. The van der Waals surface area contributed by atoms with Crippen LogP contribution in [0.15, 0.2) is 72.8 Å². The Balaban J connectivity index is 1.73. The first-order valence-electron chi connectivity index (χ1n) is 12.2. The van der Waals surface area contributed by atoms with Crippen molar-refractivity contribution in [2.45, 2.75) is 66.4 Å². The van der Waals surface area contributed by atoms with Crippen molar-refractivity contribution in [3.8, 4) is 11.5 Å². The Labute approximate surface area is 209 Å². The van der Waals surface area contributed by atoms with Crippen molar-refractivity contribution < 1.29 is 19.1 Å². The SMILES string of the molecule is CCC(C)(C)C(=O)c1cccc(C(=O)Oc2ccc(C(C)(C)c3ccc(OC(C)C)cc3)cc2)c1. The van der Waals surface area contributed by atoms with Gasteiger partial charge in [0.15, 0.2) is 5.78 Å². The zero-order chi connectivity index (χ0) is 25.8. The van der Waals surface area contributed by atoms with Gasteiger partial charge in [-0.3, -0.25) is 4.79 Å². The Morgan fingerprint density at radius 2 is 1.29 bits per heavy atom. The molecule has 0 N–H and O–H groups in total. The molecule has 0 saturated carbocycles. The summed E-state index contributed by atoms with van der Waals surface area (Å²) in [4.78, 5) is 25.6. The van der Waals surface area contributed by atoms with Crippen LogP contribution in [0, 0.1) is 5.41 Å². The number of carbonyl (C=O) groups is 2. The van der Waals surface area contributed by atoms with E-state index in [1.807, 2.05) is 58.9 Å². The first-order valence-corrected chi connectivity index (χ1v) is 12.2. The Kier molecular flexibility index (Phi) is 7.84. The summed E-state index contributed by atoms with van der Waals surface area (Å²) in [7, 11) is 0. The molecule has 0 spiro atoms. The monoisotopic (exact) mass is 472 g/mol. The predicted molar refractivity (Wildman–Crippen MR) is 141 cm³/mol. The standard InChI is InChI=1S/C31H36O4/c1-8-30(4,5)28(32)22-10-9-11-23(20-22)29(33)35-27-18-14-25(15-19-27)31(6,7)24-12-16-26(17-13-24)34-21(2)3/h9-21H,8H2,1-7H3. The summed E-state index contributed by atoms with van der Waals surface area (Å²) in [6.07, 6.45) is 0.856. The highest BCUT2D eigenvalue weighted by Crippen LogP contribution is 2.33. The van der Waals surface area contributed by atoms with Gasteiger partial charge in [-0.1, -0.05) is 71.0 Å². The fourth-order valence-corrected chi connectivity index (χ4v) is 3.83. The lowest BCUT2D eigenvalue weighted by Crippen LogP contribution is -2.23. The predicted octanol–water partition coefficient (Wildman–Crippen LogP) is 7.64. The van der Waals surface area contributed by atoms with E-state index in [-0.39, 0.29) is 17.3 Å². The molecule has 0 aliphatic rings. The molecule has 0 amide bonds. The van der Waals surface area contributed by atoms with E-state index < -0.39 is 11.4 Å². The van der Waals surface area contributed by atoms with E-state index in [4.69, 9.17) is 9.47 Å². The minimum absolute atomic E-state index is 0.0186. The van der Waals surface area contributed by atoms with E-state index in [0.29, 0.717) is 16.9 Å². The van der Waals surface area contributed by atoms with Crippen LogP contribution < -0.4 is 9.47 Å². The molecule has 0 bridgehead atoms. The Bertz CT molecular complexity index is 1170. The van der Waals surface area contributed by atoms with E-state index in [0.717, 1.165) is 23.3 Å². The van der Waals surface area contributed by atoms with Gasteiger partial charge in [0.2, 0.25) is 0 Å². The number of rotatable bonds is 9. The molecule has 184 valence electrons. The minimum Gasteiger partial charge on any atom is -0.491 e. The molecule has 0 fully saturated rings. The molecule has 3 aromatic rings. The van der Waals surface area contributed by atoms with E-state index >= 15 is 0 Å². The van der Waals surface area contributed by atoms with Crippen molar-refractivity contribution in [1.29, 1.82) is 0 Å². The molecule has 4 nitrogen and oxygen atoms in total. The lowest BCUT2D eigenvalue weighted by atomic mass is 9.78. The number of hydrogen-bond acceptors (Lipinski definition) is 4. The summed E-state index contributed by atoms with van der Waals surface area (Å²) in [5.74, 6) is 0.846. The van der Waals surface area contributed by atoms with Crippen molar-refractivity contribution >= 4 is 11.8 Å². The zero-order valence-corrected chi connectivity index (χ0v) is 21.8. The summed E-state index contributed by atoms with van der Waals surface area (Å²) < 4.78 is 11.4. The van der Waals surface area contributed by atoms with Crippen LogP contribution in [0.3, 0.4) is 0 Å². The quantitative estimate of drug-likeness (QED) is 0.182. The van der Waals surface area contributed by atoms with E-state index in [9.17, 15) is 9.59 Å². The van der Waals surface area contributed by atoms with Crippen molar-refractivity contribution in [2.75, 3.05) is 0 Å². The molecular weight excluding hydrogens is 436 g/mol. The highest BCUT2D eigenvalue weighted by molar-refractivity contribution is 6.02. The van der Waals surface area contributed by atoms with Gasteiger partial charge in [0.05, 0.1) is 11.7 Å². The molecule has 0 heterocycles. The maximum Gasteiger partial charge on any atom is 0.343 e. The lowest BCUT2D eigenvalue weighted by Gasteiger charge is -2.26. The molecular formula is C31H36O4.